The lowest BCUT2D eigenvalue weighted by molar-refractivity contribution is -0.122. The van der Waals surface area contributed by atoms with Crippen molar-refractivity contribution in [2.75, 3.05) is 23.3 Å². The van der Waals surface area contributed by atoms with Crippen molar-refractivity contribution in [3.8, 4) is 17.0 Å². The number of rotatable bonds is 6. The molecule has 2 heterocycles. The van der Waals surface area contributed by atoms with Gasteiger partial charge in [0.05, 0.1) is 5.69 Å². The van der Waals surface area contributed by atoms with Gasteiger partial charge in [-0.2, -0.15) is 0 Å². The summed E-state index contributed by atoms with van der Waals surface area (Å²) in [4.78, 5) is 14.9. The first-order valence-electron chi connectivity index (χ1n) is 11.7. The summed E-state index contributed by atoms with van der Waals surface area (Å²) in [7, 11) is 0. The molecule has 2 aromatic carbocycles. The van der Waals surface area contributed by atoms with Crippen LogP contribution in [0.1, 0.15) is 43.7 Å². The minimum atomic E-state index is -0.609. The molecule has 1 N–H and O–H groups in total. The summed E-state index contributed by atoms with van der Waals surface area (Å²) in [6.07, 6.45) is 4.40. The summed E-state index contributed by atoms with van der Waals surface area (Å²) < 4.78 is 5.89. The number of nitrogens with zero attached hydrogens (tertiary/aromatic N) is 3. The van der Waals surface area contributed by atoms with Crippen molar-refractivity contribution < 1.29 is 9.53 Å². The molecular formula is C27H32N4O2. The van der Waals surface area contributed by atoms with E-state index >= 15 is 0 Å². The SMILES string of the molecule is Cc1ccc(C)c(OC(C)C(=O)Nc2ccc(-c3ccc(N4CCCCCC4)nn3)cc2)c1. The van der Waals surface area contributed by atoms with Crippen molar-refractivity contribution in [3.63, 3.8) is 0 Å². The van der Waals surface area contributed by atoms with Crippen molar-refractivity contribution in [1.29, 1.82) is 0 Å². The molecule has 6 nitrogen and oxygen atoms in total. The smallest absolute Gasteiger partial charge is 0.265 e. The highest BCUT2D eigenvalue weighted by atomic mass is 16.5. The second-order valence-electron chi connectivity index (χ2n) is 8.77. The van der Waals surface area contributed by atoms with Crippen molar-refractivity contribution in [2.45, 2.75) is 52.6 Å². The van der Waals surface area contributed by atoms with Crippen molar-refractivity contribution >= 4 is 17.4 Å². The number of amides is 1. The van der Waals surface area contributed by atoms with Crippen LogP contribution < -0.4 is 15.0 Å². The average Bonchev–Trinajstić information content (AvgIpc) is 3.12. The Kier molecular flexibility index (Phi) is 7.23. The van der Waals surface area contributed by atoms with Crippen LogP contribution in [-0.2, 0) is 4.79 Å². The van der Waals surface area contributed by atoms with Crippen molar-refractivity contribution in [1.82, 2.24) is 10.2 Å². The molecule has 1 aliphatic heterocycles. The van der Waals surface area contributed by atoms with E-state index in [0.29, 0.717) is 5.69 Å². The second-order valence-corrected chi connectivity index (χ2v) is 8.77. The van der Waals surface area contributed by atoms with Gasteiger partial charge in [-0.25, -0.2) is 0 Å². The largest absolute Gasteiger partial charge is 0.481 e. The van der Waals surface area contributed by atoms with Crippen LogP contribution in [0.4, 0.5) is 11.5 Å². The minimum absolute atomic E-state index is 0.190. The maximum atomic E-state index is 12.6. The summed E-state index contributed by atoms with van der Waals surface area (Å²) in [5, 5.41) is 11.8. The monoisotopic (exact) mass is 444 g/mol. The highest BCUT2D eigenvalue weighted by molar-refractivity contribution is 5.94. The topological polar surface area (TPSA) is 67.3 Å². The van der Waals surface area contributed by atoms with E-state index in [1.807, 2.05) is 62.4 Å². The summed E-state index contributed by atoms with van der Waals surface area (Å²) in [6, 6.07) is 17.7. The first kappa shape index (κ1) is 22.8. The van der Waals surface area contributed by atoms with E-state index in [1.54, 1.807) is 6.92 Å². The average molecular weight is 445 g/mol. The number of ether oxygens (including phenoxy) is 1. The third-order valence-corrected chi connectivity index (χ3v) is 6.05. The van der Waals surface area contributed by atoms with Gasteiger partial charge in [-0.1, -0.05) is 37.1 Å². The van der Waals surface area contributed by atoms with E-state index in [-0.39, 0.29) is 5.91 Å². The fraction of sp³-hybridized carbons (Fsp3) is 0.370. The van der Waals surface area contributed by atoms with Crippen molar-refractivity contribution in [3.05, 3.63) is 65.7 Å². The van der Waals surface area contributed by atoms with E-state index in [0.717, 1.165) is 47.0 Å². The highest BCUT2D eigenvalue weighted by Gasteiger charge is 2.16. The van der Waals surface area contributed by atoms with Crippen LogP contribution in [-0.4, -0.2) is 35.3 Å². The quantitative estimate of drug-likeness (QED) is 0.540. The molecular weight excluding hydrogens is 412 g/mol. The Labute approximate surface area is 196 Å². The summed E-state index contributed by atoms with van der Waals surface area (Å²) >= 11 is 0. The molecule has 1 aliphatic rings. The number of carbonyl (C=O) groups is 1. The first-order chi connectivity index (χ1) is 16.0. The maximum Gasteiger partial charge on any atom is 0.265 e. The molecule has 1 amide bonds. The van der Waals surface area contributed by atoms with Gasteiger partial charge in [-0.15, -0.1) is 10.2 Å². The van der Waals surface area contributed by atoms with Crippen LogP contribution in [0, 0.1) is 13.8 Å². The third kappa shape index (κ3) is 5.89. The molecule has 0 radical (unpaired) electrons. The number of nitrogens with one attached hydrogen (secondary N) is 1. The lowest BCUT2D eigenvalue weighted by Gasteiger charge is -2.20. The van der Waals surface area contributed by atoms with E-state index < -0.39 is 6.10 Å². The van der Waals surface area contributed by atoms with Crippen LogP contribution in [0.25, 0.3) is 11.3 Å². The number of aromatic nitrogens is 2. The molecule has 4 rings (SSSR count). The highest BCUT2D eigenvalue weighted by Crippen LogP contribution is 2.23. The van der Waals surface area contributed by atoms with Gasteiger partial charge in [0.25, 0.3) is 5.91 Å². The molecule has 3 aromatic rings. The Bertz CT molecular complexity index is 1070. The molecule has 172 valence electrons. The van der Waals surface area contributed by atoms with Crippen LogP contribution in [0.5, 0.6) is 5.75 Å². The number of hydrogen-bond acceptors (Lipinski definition) is 5. The first-order valence-corrected chi connectivity index (χ1v) is 11.7. The normalized spacial score (nSPS) is 14.9. The van der Waals surface area contributed by atoms with Gasteiger partial charge in [-0.3, -0.25) is 4.79 Å². The van der Waals surface area contributed by atoms with Gasteiger partial charge in [-0.05, 0) is 75.1 Å². The molecule has 0 aliphatic carbocycles. The fourth-order valence-electron chi connectivity index (χ4n) is 3.99. The molecule has 1 aromatic heterocycles. The molecule has 1 saturated heterocycles. The number of benzene rings is 2. The Hall–Kier alpha value is -3.41. The van der Waals surface area contributed by atoms with Crippen LogP contribution >= 0.6 is 0 Å². The zero-order valence-corrected chi connectivity index (χ0v) is 19.7. The van der Waals surface area contributed by atoms with Gasteiger partial charge in [0, 0.05) is 24.3 Å². The van der Waals surface area contributed by atoms with Gasteiger partial charge >= 0.3 is 0 Å². The Morgan fingerprint density at radius 1 is 0.939 bits per heavy atom. The van der Waals surface area contributed by atoms with Gasteiger partial charge < -0.3 is 15.0 Å². The van der Waals surface area contributed by atoms with E-state index in [1.165, 1.54) is 25.7 Å². The number of aryl methyl sites for hydroxylation is 2. The molecule has 1 fully saturated rings. The Morgan fingerprint density at radius 3 is 2.33 bits per heavy atom. The fourth-order valence-corrected chi connectivity index (χ4v) is 3.99. The van der Waals surface area contributed by atoms with Gasteiger partial charge in [0.1, 0.15) is 5.75 Å². The predicted octanol–water partition coefficient (Wildman–Crippen LogP) is 5.55. The summed E-state index contributed by atoms with van der Waals surface area (Å²) in [5.74, 6) is 1.49. The molecule has 1 unspecified atom stereocenters. The van der Waals surface area contributed by atoms with Crippen LogP contribution in [0.2, 0.25) is 0 Å². The standard InChI is InChI=1S/C27H32N4O2/c1-19-8-9-20(2)25(18-19)33-21(3)27(32)28-23-12-10-22(11-13-23)24-14-15-26(30-29-24)31-16-6-4-5-7-17-31/h8-15,18,21H,4-7,16-17H2,1-3H3,(H,28,32). The van der Waals surface area contributed by atoms with Crippen LogP contribution in [0.15, 0.2) is 54.6 Å². The third-order valence-electron chi connectivity index (χ3n) is 6.05. The zero-order chi connectivity index (χ0) is 23.2. The predicted molar refractivity (Wildman–Crippen MR) is 133 cm³/mol. The van der Waals surface area contributed by atoms with Crippen LogP contribution in [0.3, 0.4) is 0 Å². The zero-order valence-electron chi connectivity index (χ0n) is 19.7. The number of hydrogen-bond donors (Lipinski definition) is 1. The summed E-state index contributed by atoms with van der Waals surface area (Å²) in [5.41, 5.74) is 4.60. The van der Waals surface area contributed by atoms with Gasteiger partial charge in [0.2, 0.25) is 0 Å². The molecule has 0 saturated carbocycles. The lowest BCUT2D eigenvalue weighted by Crippen LogP contribution is -2.30. The van der Waals surface area contributed by atoms with Crippen molar-refractivity contribution in [2.24, 2.45) is 0 Å². The van der Waals surface area contributed by atoms with E-state index in [9.17, 15) is 4.79 Å². The molecule has 6 heteroatoms. The van der Waals surface area contributed by atoms with E-state index in [4.69, 9.17) is 4.74 Å². The molecule has 0 spiro atoms. The molecule has 1 atom stereocenters. The number of anilines is 2. The van der Waals surface area contributed by atoms with E-state index in [2.05, 4.69) is 26.5 Å². The van der Waals surface area contributed by atoms with Gasteiger partial charge in [0.15, 0.2) is 11.9 Å². The Balaban J connectivity index is 1.36. The lowest BCUT2D eigenvalue weighted by atomic mass is 10.1. The maximum absolute atomic E-state index is 12.6. The minimum Gasteiger partial charge on any atom is -0.481 e. The summed E-state index contributed by atoms with van der Waals surface area (Å²) in [6.45, 7) is 7.84. The second kappa shape index (κ2) is 10.5. The Morgan fingerprint density at radius 2 is 1.67 bits per heavy atom. The number of carbonyl (C=O) groups excluding carboxylic acids is 1. The molecule has 0 bridgehead atoms. The molecule has 33 heavy (non-hydrogen) atoms.